The number of hydrogen-bond donors (Lipinski definition) is 2. The summed E-state index contributed by atoms with van der Waals surface area (Å²) in [5, 5.41) is 9.51. The molecule has 0 spiro atoms. The minimum atomic E-state index is -1.71. The summed E-state index contributed by atoms with van der Waals surface area (Å²) in [4.78, 5) is 0. The minimum absolute atomic E-state index is 0.522. The second-order valence-electron chi connectivity index (χ2n) is 2.61. The van der Waals surface area contributed by atoms with Crippen molar-refractivity contribution in [2.45, 2.75) is 9.90 Å². The van der Waals surface area contributed by atoms with Gasteiger partial charge in [0.15, 0.2) is 0 Å². The van der Waals surface area contributed by atoms with Gasteiger partial charge >= 0.3 is 0 Å². The van der Waals surface area contributed by atoms with Crippen LogP contribution in [0.2, 0.25) is 0 Å². The predicted molar refractivity (Wildman–Crippen MR) is 56.1 cm³/mol. The number of nitrogen functional groups attached to an aromatic ring is 1. The maximum absolute atomic E-state index is 9.51. The zero-order valence-corrected chi connectivity index (χ0v) is 8.81. The van der Waals surface area contributed by atoms with Crippen molar-refractivity contribution in [1.82, 2.24) is 0 Å². The summed E-state index contributed by atoms with van der Waals surface area (Å²) in [6.07, 6.45) is -1.14. The molecule has 13 heavy (non-hydrogen) atoms. The number of nitrogens with two attached hydrogens (primary N) is 1. The average Bonchev–Trinajstić information content (AvgIpc) is 2.03. The van der Waals surface area contributed by atoms with E-state index >= 15 is 0 Å². The number of aliphatic hydroxyl groups excluding tert-OH is 1. The number of benzene rings is 1. The van der Waals surface area contributed by atoms with E-state index in [1.807, 2.05) is 0 Å². The van der Waals surface area contributed by atoms with E-state index in [1.54, 1.807) is 24.3 Å². The first-order valence-electron chi connectivity index (χ1n) is 3.51. The monoisotopic (exact) mass is 239 g/mol. The van der Waals surface area contributed by atoms with Crippen molar-refractivity contribution in [1.29, 1.82) is 0 Å². The topological polar surface area (TPSA) is 46.2 Å². The van der Waals surface area contributed by atoms with E-state index in [4.69, 9.17) is 40.5 Å². The van der Waals surface area contributed by atoms with Crippen molar-refractivity contribution < 1.29 is 5.11 Å². The number of rotatable bonds is 1. The van der Waals surface area contributed by atoms with Crippen molar-refractivity contribution >= 4 is 40.5 Å². The molecule has 0 fully saturated rings. The third-order valence-electron chi connectivity index (χ3n) is 1.56. The van der Waals surface area contributed by atoms with Crippen molar-refractivity contribution in [3.63, 3.8) is 0 Å². The Morgan fingerprint density at radius 2 is 1.62 bits per heavy atom. The first-order chi connectivity index (χ1) is 5.91. The van der Waals surface area contributed by atoms with Gasteiger partial charge in [0.25, 0.3) is 0 Å². The fourth-order valence-corrected chi connectivity index (χ4v) is 1.25. The Morgan fingerprint density at radius 1 is 1.15 bits per heavy atom. The summed E-state index contributed by atoms with van der Waals surface area (Å²) in [6.45, 7) is 0. The first kappa shape index (κ1) is 10.9. The first-order valence-corrected chi connectivity index (χ1v) is 4.65. The summed E-state index contributed by atoms with van der Waals surface area (Å²) in [5.74, 6) is 0. The number of aliphatic hydroxyl groups is 1. The van der Waals surface area contributed by atoms with E-state index in [2.05, 4.69) is 0 Å². The summed E-state index contributed by atoms with van der Waals surface area (Å²) in [6, 6.07) is 6.49. The summed E-state index contributed by atoms with van der Waals surface area (Å²) in [5.41, 5.74) is 6.58. The van der Waals surface area contributed by atoms with Gasteiger partial charge in [-0.25, -0.2) is 0 Å². The Bertz CT molecular complexity index is 280. The molecule has 1 rings (SSSR count). The predicted octanol–water partition coefficient (Wildman–Crippen LogP) is 2.67. The normalized spacial score (nSPS) is 14.2. The third-order valence-corrected chi connectivity index (χ3v) is 2.18. The molecule has 1 aromatic rings. The van der Waals surface area contributed by atoms with Crippen molar-refractivity contribution in [2.24, 2.45) is 0 Å². The molecule has 0 aliphatic rings. The molecule has 3 N–H and O–H groups in total. The van der Waals surface area contributed by atoms with Gasteiger partial charge in [0, 0.05) is 5.69 Å². The lowest BCUT2D eigenvalue weighted by Crippen LogP contribution is -2.16. The standard InChI is InChI=1S/C8H8Cl3NO/c9-8(10,11)7(13)5-1-3-6(12)4-2-5/h1-4,7,13H,12H2. The lowest BCUT2D eigenvalue weighted by molar-refractivity contribution is 0.182. The Hall–Kier alpha value is -0.150. The van der Waals surface area contributed by atoms with Crippen LogP contribution in [-0.2, 0) is 0 Å². The quantitative estimate of drug-likeness (QED) is 0.586. The molecule has 0 saturated carbocycles. The second kappa shape index (κ2) is 3.93. The van der Waals surface area contributed by atoms with Crippen LogP contribution in [0.1, 0.15) is 11.7 Å². The molecule has 0 aliphatic carbocycles. The maximum Gasteiger partial charge on any atom is 0.220 e. The molecule has 0 saturated heterocycles. The number of anilines is 1. The van der Waals surface area contributed by atoms with Crippen LogP contribution in [-0.4, -0.2) is 8.90 Å². The number of alkyl halides is 3. The summed E-state index contributed by atoms with van der Waals surface area (Å²) >= 11 is 16.5. The fraction of sp³-hybridized carbons (Fsp3) is 0.250. The Labute approximate surface area is 91.2 Å². The Morgan fingerprint density at radius 3 is 2.00 bits per heavy atom. The van der Waals surface area contributed by atoms with Gasteiger partial charge in [-0.3, -0.25) is 0 Å². The molecule has 1 unspecified atom stereocenters. The van der Waals surface area contributed by atoms with Crippen LogP contribution in [0.3, 0.4) is 0 Å². The van der Waals surface area contributed by atoms with Gasteiger partial charge in [-0.05, 0) is 17.7 Å². The van der Waals surface area contributed by atoms with E-state index in [1.165, 1.54) is 0 Å². The molecular formula is C8H8Cl3NO. The van der Waals surface area contributed by atoms with E-state index in [0.29, 0.717) is 11.3 Å². The largest absolute Gasteiger partial charge is 0.399 e. The highest BCUT2D eigenvalue weighted by Crippen LogP contribution is 2.39. The molecule has 0 radical (unpaired) electrons. The van der Waals surface area contributed by atoms with E-state index < -0.39 is 9.90 Å². The molecule has 0 heterocycles. The lowest BCUT2D eigenvalue weighted by atomic mass is 10.1. The van der Waals surface area contributed by atoms with Crippen molar-refractivity contribution in [3.05, 3.63) is 29.8 Å². The molecule has 0 bridgehead atoms. The number of halogens is 3. The Kier molecular flexibility index (Phi) is 3.30. The van der Waals surface area contributed by atoms with Gasteiger partial charge in [-0.2, -0.15) is 0 Å². The average molecular weight is 241 g/mol. The van der Waals surface area contributed by atoms with Gasteiger partial charge in [-0.1, -0.05) is 46.9 Å². The van der Waals surface area contributed by atoms with Crippen LogP contribution < -0.4 is 5.73 Å². The molecule has 0 aliphatic heterocycles. The highest BCUT2D eigenvalue weighted by atomic mass is 35.6. The molecule has 5 heteroatoms. The molecule has 1 atom stereocenters. The molecule has 1 aromatic carbocycles. The molecule has 2 nitrogen and oxygen atoms in total. The van der Waals surface area contributed by atoms with Crippen LogP contribution in [0.4, 0.5) is 5.69 Å². The van der Waals surface area contributed by atoms with E-state index in [0.717, 1.165) is 0 Å². The Balaban J connectivity index is 2.90. The van der Waals surface area contributed by atoms with E-state index in [9.17, 15) is 5.11 Å². The van der Waals surface area contributed by atoms with Gasteiger partial charge < -0.3 is 10.8 Å². The van der Waals surface area contributed by atoms with Crippen LogP contribution in [0, 0.1) is 0 Å². The zero-order valence-electron chi connectivity index (χ0n) is 6.55. The zero-order chi connectivity index (χ0) is 10.1. The highest BCUT2D eigenvalue weighted by molar-refractivity contribution is 6.68. The maximum atomic E-state index is 9.51. The smallest absolute Gasteiger partial charge is 0.220 e. The van der Waals surface area contributed by atoms with Crippen LogP contribution >= 0.6 is 34.8 Å². The molecular weight excluding hydrogens is 232 g/mol. The lowest BCUT2D eigenvalue weighted by Gasteiger charge is -2.18. The SMILES string of the molecule is Nc1ccc(C(O)C(Cl)(Cl)Cl)cc1. The van der Waals surface area contributed by atoms with Gasteiger partial charge in [0.1, 0.15) is 6.10 Å². The van der Waals surface area contributed by atoms with E-state index in [-0.39, 0.29) is 0 Å². The van der Waals surface area contributed by atoms with Crippen LogP contribution in [0.5, 0.6) is 0 Å². The summed E-state index contributed by atoms with van der Waals surface area (Å²) < 4.78 is -1.71. The second-order valence-corrected chi connectivity index (χ2v) is 4.98. The number of hydrogen-bond acceptors (Lipinski definition) is 2. The molecule has 0 amide bonds. The summed E-state index contributed by atoms with van der Waals surface area (Å²) in [7, 11) is 0. The van der Waals surface area contributed by atoms with Crippen LogP contribution in [0.15, 0.2) is 24.3 Å². The molecule has 72 valence electrons. The van der Waals surface area contributed by atoms with Gasteiger partial charge in [-0.15, -0.1) is 0 Å². The van der Waals surface area contributed by atoms with Crippen molar-refractivity contribution in [3.8, 4) is 0 Å². The fourth-order valence-electron chi connectivity index (χ4n) is 0.867. The third kappa shape index (κ3) is 2.92. The van der Waals surface area contributed by atoms with Gasteiger partial charge in [0.2, 0.25) is 3.79 Å². The van der Waals surface area contributed by atoms with Crippen molar-refractivity contribution in [2.75, 3.05) is 5.73 Å². The highest BCUT2D eigenvalue weighted by Gasteiger charge is 2.31. The van der Waals surface area contributed by atoms with Gasteiger partial charge in [0.05, 0.1) is 0 Å². The molecule has 0 aromatic heterocycles. The minimum Gasteiger partial charge on any atom is -0.399 e. The van der Waals surface area contributed by atoms with Crippen LogP contribution in [0.25, 0.3) is 0 Å².